The van der Waals surface area contributed by atoms with Crippen LogP contribution in [-0.4, -0.2) is 45.4 Å². The Hall–Kier alpha value is -1.60. The highest BCUT2D eigenvalue weighted by Gasteiger charge is 2.25. The van der Waals surface area contributed by atoms with Gasteiger partial charge < -0.3 is 9.64 Å². The number of carbonyl (C=O) groups excluding carboxylic acids is 1. The minimum absolute atomic E-state index is 0.0211. The van der Waals surface area contributed by atoms with Gasteiger partial charge in [0, 0.05) is 19.0 Å². The van der Waals surface area contributed by atoms with E-state index in [0.717, 1.165) is 24.7 Å². The first-order valence-corrected chi connectivity index (χ1v) is 9.06. The molecule has 1 atom stereocenters. The Labute approximate surface area is 131 Å². The van der Waals surface area contributed by atoms with Crippen molar-refractivity contribution in [3.05, 3.63) is 35.9 Å². The molecule has 0 radical (unpaired) electrons. The quantitative estimate of drug-likeness (QED) is 0.774. The molecule has 122 valence electrons. The van der Waals surface area contributed by atoms with Crippen LogP contribution in [0, 0.1) is 5.92 Å². The van der Waals surface area contributed by atoms with E-state index in [-0.39, 0.29) is 25.2 Å². The summed E-state index contributed by atoms with van der Waals surface area (Å²) in [5, 5.41) is 0. The van der Waals surface area contributed by atoms with Crippen molar-refractivity contribution < 1.29 is 22.1 Å². The fourth-order valence-electron chi connectivity index (χ4n) is 2.40. The van der Waals surface area contributed by atoms with Crippen molar-refractivity contribution in [1.29, 1.82) is 0 Å². The first-order valence-electron chi connectivity index (χ1n) is 7.24. The highest BCUT2D eigenvalue weighted by Crippen LogP contribution is 2.18. The molecular weight excluding hydrogens is 306 g/mol. The molecule has 6 nitrogen and oxygen atoms in total. The maximum absolute atomic E-state index is 12.1. The predicted molar refractivity (Wildman–Crippen MR) is 81.7 cm³/mol. The molecule has 22 heavy (non-hydrogen) atoms. The third-order valence-electron chi connectivity index (χ3n) is 3.50. The zero-order valence-electron chi connectivity index (χ0n) is 12.6. The highest BCUT2D eigenvalue weighted by atomic mass is 32.2. The van der Waals surface area contributed by atoms with Crippen molar-refractivity contribution in [2.24, 2.45) is 5.92 Å². The number of ether oxygens (including phenoxy) is 1. The second-order valence-corrected chi connectivity index (χ2v) is 7.13. The smallest absolute Gasteiger partial charge is 0.410 e. The van der Waals surface area contributed by atoms with E-state index < -0.39 is 10.1 Å². The molecule has 1 unspecified atom stereocenters. The lowest BCUT2D eigenvalue weighted by Gasteiger charge is -2.31. The monoisotopic (exact) mass is 327 g/mol. The topological polar surface area (TPSA) is 72.9 Å². The fourth-order valence-corrected chi connectivity index (χ4v) is 2.84. The molecule has 1 aromatic carbocycles. The van der Waals surface area contributed by atoms with Crippen LogP contribution in [0.5, 0.6) is 0 Å². The van der Waals surface area contributed by atoms with Gasteiger partial charge in [-0.05, 0) is 18.4 Å². The maximum Gasteiger partial charge on any atom is 0.410 e. The van der Waals surface area contributed by atoms with Gasteiger partial charge in [-0.2, -0.15) is 8.42 Å². The number of carbonyl (C=O) groups is 1. The molecule has 1 saturated heterocycles. The lowest BCUT2D eigenvalue weighted by Crippen LogP contribution is -2.41. The van der Waals surface area contributed by atoms with Crippen LogP contribution >= 0.6 is 0 Å². The van der Waals surface area contributed by atoms with Gasteiger partial charge in [0.15, 0.2) is 0 Å². The molecule has 0 aromatic heterocycles. The minimum atomic E-state index is -3.44. The number of hydrogen-bond acceptors (Lipinski definition) is 5. The van der Waals surface area contributed by atoms with Crippen LogP contribution in [0.15, 0.2) is 30.3 Å². The van der Waals surface area contributed by atoms with E-state index >= 15 is 0 Å². The van der Waals surface area contributed by atoms with Gasteiger partial charge in [-0.1, -0.05) is 30.3 Å². The standard InChI is InChI=1S/C15H21NO5S/c1-22(18,19)21-12-14-8-5-9-16(10-14)15(17)20-11-13-6-3-2-4-7-13/h2-4,6-7,14H,5,8-12H2,1H3. The first-order chi connectivity index (χ1) is 10.4. The van der Waals surface area contributed by atoms with Crippen molar-refractivity contribution in [3.8, 4) is 0 Å². The summed E-state index contributed by atoms with van der Waals surface area (Å²) in [5.74, 6) is 0.0211. The Kier molecular flexibility index (Phi) is 5.79. The summed E-state index contributed by atoms with van der Waals surface area (Å²) in [6, 6.07) is 9.48. The number of rotatable bonds is 5. The predicted octanol–water partition coefficient (Wildman–Crippen LogP) is 2.01. The molecule has 1 aliphatic rings. The fraction of sp³-hybridized carbons (Fsp3) is 0.533. The van der Waals surface area contributed by atoms with Crippen molar-refractivity contribution in [2.75, 3.05) is 26.0 Å². The summed E-state index contributed by atoms with van der Waals surface area (Å²) in [6.45, 7) is 1.44. The molecule has 1 amide bonds. The Morgan fingerprint density at radius 3 is 2.73 bits per heavy atom. The average Bonchev–Trinajstić information content (AvgIpc) is 2.51. The van der Waals surface area contributed by atoms with E-state index in [9.17, 15) is 13.2 Å². The normalized spacial score (nSPS) is 19.0. The molecular formula is C15H21NO5S. The van der Waals surface area contributed by atoms with E-state index in [1.807, 2.05) is 30.3 Å². The van der Waals surface area contributed by atoms with Crippen molar-refractivity contribution in [2.45, 2.75) is 19.4 Å². The van der Waals surface area contributed by atoms with E-state index in [4.69, 9.17) is 8.92 Å². The number of piperidine rings is 1. The average molecular weight is 327 g/mol. The van der Waals surface area contributed by atoms with Crippen LogP contribution < -0.4 is 0 Å². The van der Waals surface area contributed by atoms with Crippen LogP contribution in [0.25, 0.3) is 0 Å². The number of nitrogens with zero attached hydrogens (tertiary/aromatic N) is 1. The first kappa shape index (κ1) is 16.8. The number of benzene rings is 1. The van der Waals surface area contributed by atoms with Crippen LogP contribution in [0.3, 0.4) is 0 Å². The van der Waals surface area contributed by atoms with Crippen LogP contribution in [0.1, 0.15) is 18.4 Å². The molecule has 1 fully saturated rings. The van der Waals surface area contributed by atoms with Gasteiger partial charge in [-0.25, -0.2) is 4.79 Å². The Bertz CT molecular complexity index is 587. The molecule has 2 rings (SSSR count). The van der Waals surface area contributed by atoms with Gasteiger partial charge in [0.1, 0.15) is 6.61 Å². The number of hydrogen-bond donors (Lipinski definition) is 0. The second kappa shape index (κ2) is 7.60. The summed E-state index contributed by atoms with van der Waals surface area (Å²) >= 11 is 0. The van der Waals surface area contributed by atoms with E-state index in [0.29, 0.717) is 13.1 Å². The molecule has 1 heterocycles. The molecule has 0 aliphatic carbocycles. The zero-order chi connectivity index (χ0) is 16.0. The maximum atomic E-state index is 12.1. The molecule has 1 aliphatic heterocycles. The summed E-state index contributed by atoms with van der Waals surface area (Å²) in [5.41, 5.74) is 0.935. The molecule has 0 bridgehead atoms. The second-order valence-electron chi connectivity index (χ2n) is 5.48. The van der Waals surface area contributed by atoms with Crippen molar-refractivity contribution in [1.82, 2.24) is 4.90 Å². The molecule has 7 heteroatoms. The van der Waals surface area contributed by atoms with E-state index in [2.05, 4.69) is 0 Å². The SMILES string of the molecule is CS(=O)(=O)OCC1CCCN(C(=O)OCc2ccccc2)C1. The zero-order valence-corrected chi connectivity index (χ0v) is 13.4. The van der Waals surface area contributed by atoms with Gasteiger partial charge >= 0.3 is 6.09 Å². The highest BCUT2D eigenvalue weighted by molar-refractivity contribution is 7.85. The molecule has 0 saturated carbocycles. The largest absolute Gasteiger partial charge is 0.445 e. The lowest BCUT2D eigenvalue weighted by atomic mass is 10.00. The van der Waals surface area contributed by atoms with Crippen molar-refractivity contribution in [3.63, 3.8) is 0 Å². The summed E-state index contributed by atoms with van der Waals surface area (Å²) in [6.07, 6.45) is 2.32. The minimum Gasteiger partial charge on any atom is -0.445 e. The number of likely N-dealkylation sites (tertiary alicyclic amines) is 1. The van der Waals surface area contributed by atoms with Gasteiger partial charge in [-0.3, -0.25) is 4.18 Å². The lowest BCUT2D eigenvalue weighted by molar-refractivity contribution is 0.0718. The van der Waals surface area contributed by atoms with Gasteiger partial charge in [0.25, 0.3) is 10.1 Å². The van der Waals surface area contributed by atoms with Crippen LogP contribution in [0.4, 0.5) is 4.79 Å². The Morgan fingerprint density at radius 2 is 2.05 bits per heavy atom. The van der Waals surface area contributed by atoms with Crippen molar-refractivity contribution >= 4 is 16.2 Å². The van der Waals surface area contributed by atoms with E-state index in [1.165, 1.54) is 0 Å². The number of amides is 1. The van der Waals surface area contributed by atoms with Gasteiger partial charge in [0.05, 0.1) is 12.9 Å². The van der Waals surface area contributed by atoms with Gasteiger partial charge in [0.2, 0.25) is 0 Å². The molecule has 0 spiro atoms. The molecule has 1 aromatic rings. The third kappa shape index (κ3) is 5.65. The van der Waals surface area contributed by atoms with Crippen LogP contribution in [0.2, 0.25) is 0 Å². The molecule has 0 N–H and O–H groups in total. The van der Waals surface area contributed by atoms with Crippen LogP contribution in [-0.2, 0) is 25.6 Å². The Balaban J connectivity index is 1.79. The summed E-state index contributed by atoms with van der Waals surface area (Å²) in [4.78, 5) is 13.7. The summed E-state index contributed by atoms with van der Waals surface area (Å²) in [7, 11) is -3.44. The van der Waals surface area contributed by atoms with Gasteiger partial charge in [-0.15, -0.1) is 0 Å². The third-order valence-corrected chi connectivity index (χ3v) is 4.06. The van der Waals surface area contributed by atoms with E-state index in [1.54, 1.807) is 4.90 Å². The Morgan fingerprint density at radius 1 is 1.32 bits per heavy atom. The summed E-state index contributed by atoms with van der Waals surface area (Å²) < 4.78 is 32.2.